The van der Waals surface area contributed by atoms with E-state index in [0.29, 0.717) is 6.61 Å². The quantitative estimate of drug-likeness (QED) is 0.745. The van der Waals surface area contributed by atoms with Crippen LogP contribution < -0.4 is 0 Å². The molecule has 0 aliphatic carbocycles. The molecular weight excluding hydrogens is 231 g/mol. The second kappa shape index (κ2) is 6.94. The molecule has 0 amide bonds. The highest BCUT2D eigenvalue weighted by Crippen LogP contribution is 2.16. The zero-order chi connectivity index (χ0) is 13.5. The third kappa shape index (κ3) is 4.32. The van der Waals surface area contributed by atoms with Gasteiger partial charge in [-0.25, -0.2) is 4.39 Å². The zero-order valence-electron chi connectivity index (χ0n) is 11.0. The van der Waals surface area contributed by atoms with Crippen LogP contribution in [0.3, 0.4) is 0 Å². The van der Waals surface area contributed by atoms with E-state index in [-0.39, 0.29) is 23.6 Å². The first kappa shape index (κ1) is 14.4. The highest BCUT2D eigenvalue weighted by Gasteiger charge is 2.20. The Hall–Kier alpha value is -1.64. The van der Waals surface area contributed by atoms with Crippen LogP contribution in [0.25, 0.3) is 6.08 Å². The highest BCUT2D eigenvalue weighted by atomic mass is 19.1. The number of hydrogen-bond acceptors (Lipinski definition) is 2. The van der Waals surface area contributed by atoms with E-state index < -0.39 is 0 Å². The number of hydrogen-bond donors (Lipinski definition) is 0. The Labute approximate surface area is 107 Å². The molecule has 0 aliphatic heterocycles. The van der Waals surface area contributed by atoms with Gasteiger partial charge in [-0.15, -0.1) is 0 Å². The van der Waals surface area contributed by atoms with Crippen LogP contribution in [0.2, 0.25) is 0 Å². The average molecular weight is 250 g/mol. The summed E-state index contributed by atoms with van der Waals surface area (Å²) in [6.07, 6.45) is 3.64. The Morgan fingerprint density at radius 3 is 2.44 bits per heavy atom. The van der Waals surface area contributed by atoms with Crippen LogP contribution in [0.1, 0.15) is 26.3 Å². The van der Waals surface area contributed by atoms with Gasteiger partial charge in [-0.3, -0.25) is 4.79 Å². The summed E-state index contributed by atoms with van der Waals surface area (Å²) < 4.78 is 17.8. The highest BCUT2D eigenvalue weighted by molar-refractivity contribution is 5.76. The minimum atomic E-state index is -0.269. The van der Waals surface area contributed by atoms with Gasteiger partial charge in [-0.2, -0.15) is 0 Å². The molecule has 1 aromatic carbocycles. The van der Waals surface area contributed by atoms with Crippen molar-refractivity contribution < 1.29 is 13.9 Å². The first-order valence-electron chi connectivity index (χ1n) is 6.15. The lowest BCUT2D eigenvalue weighted by Crippen LogP contribution is -2.20. The van der Waals surface area contributed by atoms with Crippen molar-refractivity contribution in [2.24, 2.45) is 11.8 Å². The van der Waals surface area contributed by atoms with E-state index in [1.165, 1.54) is 12.1 Å². The van der Waals surface area contributed by atoms with E-state index in [0.717, 1.165) is 5.56 Å². The minimum Gasteiger partial charge on any atom is -0.466 e. The van der Waals surface area contributed by atoms with Crippen molar-refractivity contribution in [3.05, 3.63) is 41.7 Å². The van der Waals surface area contributed by atoms with E-state index in [9.17, 15) is 9.18 Å². The molecule has 18 heavy (non-hydrogen) atoms. The van der Waals surface area contributed by atoms with Gasteiger partial charge in [0, 0.05) is 0 Å². The zero-order valence-corrected chi connectivity index (χ0v) is 11.0. The van der Waals surface area contributed by atoms with E-state index in [2.05, 4.69) is 0 Å². The van der Waals surface area contributed by atoms with Crippen molar-refractivity contribution in [1.82, 2.24) is 0 Å². The number of halogens is 1. The van der Waals surface area contributed by atoms with Gasteiger partial charge < -0.3 is 4.74 Å². The molecule has 0 heterocycles. The Morgan fingerprint density at radius 1 is 1.33 bits per heavy atom. The molecule has 0 N–H and O–H groups in total. The summed E-state index contributed by atoms with van der Waals surface area (Å²) in [5, 5.41) is 0. The molecule has 0 saturated carbocycles. The Morgan fingerprint density at radius 2 is 1.94 bits per heavy atom. The van der Waals surface area contributed by atoms with Gasteiger partial charge in [0.2, 0.25) is 0 Å². The molecule has 0 spiro atoms. The average Bonchev–Trinajstić information content (AvgIpc) is 2.31. The van der Waals surface area contributed by atoms with E-state index in [1.54, 1.807) is 19.1 Å². The molecule has 1 aromatic rings. The molecule has 1 atom stereocenters. The lowest BCUT2D eigenvalue weighted by atomic mass is 9.95. The summed E-state index contributed by atoms with van der Waals surface area (Å²) in [6, 6.07) is 6.14. The molecule has 0 aromatic heterocycles. The molecule has 0 saturated heterocycles. The Kier molecular flexibility index (Phi) is 5.56. The van der Waals surface area contributed by atoms with Crippen molar-refractivity contribution in [3.63, 3.8) is 0 Å². The summed E-state index contributed by atoms with van der Waals surface area (Å²) in [4.78, 5) is 11.7. The minimum absolute atomic E-state index is 0.167. The standard InChI is InChI=1S/C15H19FO2/c1-4-18-15(17)14(11(2)3)10-7-12-5-8-13(16)9-6-12/h5-11,14H,4H2,1-3H3. The van der Waals surface area contributed by atoms with Gasteiger partial charge in [-0.1, -0.05) is 38.1 Å². The van der Waals surface area contributed by atoms with Gasteiger partial charge in [0.25, 0.3) is 0 Å². The monoisotopic (exact) mass is 250 g/mol. The third-order valence-corrected chi connectivity index (χ3v) is 2.64. The largest absolute Gasteiger partial charge is 0.466 e. The van der Waals surface area contributed by atoms with Crippen LogP contribution in [0.4, 0.5) is 4.39 Å². The van der Waals surface area contributed by atoms with Crippen molar-refractivity contribution in [3.8, 4) is 0 Å². The van der Waals surface area contributed by atoms with Crippen LogP contribution in [0.15, 0.2) is 30.3 Å². The third-order valence-electron chi connectivity index (χ3n) is 2.64. The normalized spacial score (nSPS) is 12.9. The SMILES string of the molecule is CCOC(=O)C(C=Cc1ccc(F)cc1)C(C)C. The summed E-state index contributed by atoms with van der Waals surface area (Å²) in [5.41, 5.74) is 0.867. The summed E-state index contributed by atoms with van der Waals surface area (Å²) in [7, 11) is 0. The lowest BCUT2D eigenvalue weighted by Gasteiger charge is -2.15. The Bertz CT molecular complexity index is 407. The van der Waals surface area contributed by atoms with Gasteiger partial charge in [0.1, 0.15) is 5.82 Å². The van der Waals surface area contributed by atoms with Crippen LogP contribution >= 0.6 is 0 Å². The first-order chi connectivity index (χ1) is 8.54. The number of rotatable bonds is 5. The summed E-state index contributed by atoms with van der Waals surface area (Å²) in [6.45, 7) is 6.11. The molecule has 1 rings (SSSR count). The van der Waals surface area contributed by atoms with Gasteiger partial charge >= 0.3 is 5.97 Å². The summed E-state index contributed by atoms with van der Waals surface area (Å²) >= 11 is 0. The number of benzene rings is 1. The van der Waals surface area contributed by atoms with Crippen LogP contribution in [0.5, 0.6) is 0 Å². The van der Waals surface area contributed by atoms with Crippen molar-refractivity contribution in [2.45, 2.75) is 20.8 Å². The van der Waals surface area contributed by atoms with Crippen molar-refractivity contribution >= 4 is 12.0 Å². The molecule has 0 fully saturated rings. The molecule has 98 valence electrons. The second-order valence-electron chi connectivity index (χ2n) is 4.43. The lowest BCUT2D eigenvalue weighted by molar-refractivity contribution is -0.147. The molecule has 2 nitrogen and oxygen atoms in total. The van der Waals surface area contributed by atoms with Gasteiger partial charge in [-0.05, 0) is 30.5 Å². The fourth-order valence-electron chi connectivity index (χ4n) is 1.60. The molecule has 0 radical (unpaired) electrons. The predicted molar refractivity (Wildman–Crippen MR) is 70.4 cm³/mol. The summed E-state index contributed by atoms with van der Waals surface area (Å²) in [5.74, 6) is -0.584. The first-order valence-corrected chi connectivity index (χ1v) is 6.15. The molecule has 0 aliphatic rings. The maximum atomic E-state index is 12.7. The number of ether oxygens (including phenoxy) is 1. The van der Waals surface area contributed by atoms with E-state index in [4.69, 9.17) is 4.74 Å². The molecular formula is C15H19FO2. The topological polar surface area (TPSA) is 26.3 Å². The molecule has 3 heteroatoms. The maximum absolute atomic E-state index is 12.7. The smallest absolute Gasteiger partial charge is 0.313 e. The van der Waals surface area contributed by atoms with Crippen LogP contribution in [0, 0.1) is 17.7 Å². The fraction of sp³-hybridized carbons (Fsp3) is 0.400. The molecule has 0 bridgehead atoms. The number of carbonyl (C=O) groups is 1. The van der Waals surface area contributed by atoms with Gasteiger partial charge in [0.05, 0.1) is 12.5 Å². The second-order valence-corrected chi connectivity index (χ2v) is 4.43. The van der Waals surface area contributed by atoms with Crippen molar-refractivity contribution in [1.29, 1.82) is 0 Å². The number of esters is 1. The number of carbonyl (C=O) groups excluding carboxylic acids is 1. The Balaban J connectivity index is 2.77. The van der Waals surface area contributed by atoms with E-state index >= 15 is 0 Å². The maximum Gasteiger partial charge on any atom is 0.313 e. The fourth-order valence-corrected chi connectivity index (χ4v) is 1.60. The van der Waals surface area contributed by atoms with Gasteiger partial charge in [0.15, 0.2) is 0 Å². The van der Waals surface area contributed by atoms with Crippen LogP contribution in [-0.2, 0) is 9.53 Å². The van der Waals surface area contributed by atoms with Crippen molar-refractivity contribution in [2.75, 3.05) is 6.61 Å². The van der Waals surface area contributed by atoms with Crippen LogP contribution in [-0.4, -0.2) is 12.6 Å². The predicted octanol–water partition coefficient (Wildman–Crippen LogP) is 3.67. The van der Waals surface area contributed by atoms with E-state index in [1.807, 2.05) is 26.0 Å². The molecule has 1 unspecified atom stereocenters.